The minimum atomic E-state index is -0.420. The lowest BCUT2D eigenvalue weighted by Crippen LogP contribution is -2.32. The zero-order valence-corrected chi connectivity index (χ0v) is 19.4. The number of hydrogen-bond acceptors (Lipinski definition) is 5. The van der Waals surface area contributed by atoms with Crippen molar-refractivity contribution in [1.29, 1.82) is 0 Å². The topological polar surface area (TPSA) is 67.9 Å². The molecule has 0 aliphatic carbocycles. The van der Waals surface area contributed by atoms with Gasteiger partial charge in [0, 0.05) is 6.07 Å². The zero-order chi connectivity index (χ0) is 23.7. The number of benzene rings is 3. The van der Waals surface area contributed by atoms with Crippen LogP contribution in [-0.4, -0.2) is 26.0 Å². The number of carbonyl (C=O) groups is 2. The summed E-state index contributed by atoms with van der Waals surface area (Å²) >= 11 is 0. The van der Waals surface area contributed by atoms with Crippen molar-refractivity contribution in [3.63, 3.8) is 0 Å². The molecule has 0 aromatic heterocycles. The minimum absolute atomic E-state index is 0.202. The Hall–Kier alpha value is -4.06. The fourth-order valence-corrected chi connectivity index (χ4v) is 3.85. The number of ether oxygens (including phenoxy) is 2. The number of amides is 2. The molecule has 3 aromatic rings. The second kappa shape index (κ2) is 8.82. The summed E-state index contributed by atoms with van der Waals surface area (Å²) in [6.07, 6.45) is 0. The molecule has 0 atom stereocenters. The first kappa shape index (κ1) is 22.1. The number of rotatable bonds is 6. The van der Waals surface area contributed by atoms with Gasteiger partial charge in [-0.3, -0.25) is 9.59 Å². The first-order valence-electron chi connectivity index (χ1n) is 10.6. The van der Waals surface area contributed by atoms with Crippen LogP contribution in [0.4, 0.5) is 11.4 Å². The Bertz CT molecular complexity index is 1290. The van der Waals surface area contributed by atoms with Crippen molar-refractivity contribution in [1.82, 2.24) is 0 Å². The summed E-state index contributed by atoms with van der Waals surface area (Å²) in [5.74, 6) is 0.326. The molecule has 168 valence electrons. The van der Waals surface area contributed by atoms with Crippen LogP contribution in [0, 0.1) is 20.8 Å². The van der Waals surface area contributed by atoms with Crippen molar-refractivity contribution >= 4 is 28.8 Å². The number of nitrogens with zero attached hydrogens (tertiary/aromatic N) is 1. The van der Waals surface area contributed by atoms with Crippen LogP contribution in [0.15, 0.2) is 66.4 Å². The van der Waals surface area contributed by atoms with Crippen molar-refractivity contribution in [3.8, 4) is 11.5 Å². The second-order valence-corrected chi connectivity index (χ2v) is 8.02. The summed E-state index contributed by atoms with van der Waals surface area (Å²) in [7, 11) is 3.11. The third-order valence-electron chi connectivity index (χ3n) is 5.81. The Morgan fingerprint density at radius 2 is 1.58 bits per heavy atom. The molecule has 4 rings (SSSR count). The maximum atomic E-state index is 13.6. The fourth-order valence-electron chi connectivity index (χ4n) is 3.85. The van der Waals surface area contributed by atoms with Crippen LogP contribution >= 0.6 is 0 Å². The number of nitrogens with one attached hydrogen (secondary N) is 1. The molecule has 33 heavy (non-hydrogen) atoms. The van der Waals surface area contributed by atoms with E-state index in [1.165, 1.54) is 4.90 Å². The average Bonchev–Trinajstić information content (AvgIpc) is 3.05. The van der Waals surface area contributed by atoms with E-state index >= 15 is 0 Å². The first-order chi connectivity index (χ1) is 15.8. The van der Waals surface area contributed by atoms with E-state index in [-0.39, 0.29) is 11.6 Å². The van der Waals surface area contributed by atoms with E-state index in [9.17, 15) is 9.59 Å². The molecule has 3 aromatic carbocycles. The highest BCUT2D eigenvalue weighted by Crippen LogP contribution is 2.37. The van der Waals surface area contributed by atoms with Gasteiger partial charge in [-0.1, -0.05) is 30.3 Å². The molecular formula is C27H26N2O4. The number of imide groups is 1. The van der Waals surface area contributed by atoms with Gasteiger partial charge in [-0.2, -0.15) is 0 Å². The van der Waals surface area contributed by atoms with E-state index in [0.29, 0.717) is 34.0 Å². The third-order valence-corrected chi connectivity index (χ3v) is 5.81. The van der Waals surface area contributed by atoms with Crippen LogP contribution < -0.4 is 19.7 Å². The van der Waals surface area contributed by atoms with E-state index in [1.807, 2.05) is 57.2 Å². The molecule has 0 unspecified atom stereocenters. The molecule has 2 amide bonds. The lowest BCUT2D eigenvalue weighted by Gasteiger charge is -2.16. The summed E-state index contributed by atoms with van der Waals surface area (Å²) in [4.78, 5) is 28.5. The van der Waals surface area contributed by atoms with Crippen molar-refractivity contribution in [3.05, 3.63) is 88.6 Å². The number of anilines is 2. The van der Waals surface area contributed by atoms with Gasteiger partial charge in [0.05, 0.1) is 31.2 Å². The van der Waals surface area contributed by atoms with Crippen LogP contribution in [0.5, 0.6) is 11.5 Å². The Morgan fingerprint density at radius 1 is 0.788 bits per heavy atom. The molecule has 6 nitrogen and oxygen atoms in total. The van der Waals surface area contributed by atoms with Crippen molar-refractivity contribution < 1.29 is 19.1 Å². The molecular weight excluding hydrogens is 416 g/mol. The van der Waals surface area contributed by atoms with Crippen molar-refractivity contribution in [2.75, 3.05) is 24.4 Å². The van der Waals surface area contributed by atoms with Gasteiger partial charge in [-0.15, -0.1) is 0 Å². The molecule has 0 bridgehead atoms. The summed E-state index contributed by atoms with van der Waals surface area (Å²) in [5.41, 5.74) is 5.40. The Kier molecular flexibility index (Phi) is 5.92. The van der Waals surface area contributed by atoms with E-state index in [0.717, 1.165) is 16.7 Å². The van der Waals surface area contributed by atoms with Gasteiger partial charge in [0.25, 0.3) is 11.8 Å². The smallest absolute Gasteiger partial charge is 0.282 e. The van der Waals surface area contributed by atoms with E-state index in [2.05, 4.69) is 5.32 Å². The molecule has 1 aliphatic rings. The summed E-state index contributed by atoms with van der Waals surface area (Å²) in [6, 6.07) is 18.3. The predicted octanol–water partition coefficient (Wildman–Crippen LogP) is 5.03. The largest absolute Gasteiger partial charge is 0.497 e. The van der Waals surface area contributed by atoms with Crippen LogP contribution in [-0.2, 0) is 9.59 Å². The maximum Gasteiger partial charge on any atom is 0.282 e. The lowest BCUT2D eigenvalue weighted by molar-refractivity contribution is -0.120. The molecule has 1 heterocycles. The summed E-state index contributed by atoms with van der Waals surface area (Å²) < 4.78 is 10.8. The van der Waals surface area contributed by atoms with Gasteiger partial charge >= 0.3 is 0 Å². The zero-order valence-electron chi connectivity index (χ0n) is 19.4. The molecule has 0 saturated heterocycles. The van der Waals surface area contributed by atoms with Gasteiger partial charge in [-0.25, -0.2) is 4.90 Å². The summed E-state index contributed by atoms with van der Waals surface area (Å²) in [5, 5.41) is 3.18. The fraction of sp³-hybridized carbons (Fsp3) is 0.185. The first-order valence-corrected chi connectivity index (χ1v) is 10.6. The van der Waals surface area contributed by atoms with E-state index < -0.39 is 5.91 Å². The molecule has 1 aliphatic heterocycles. The van der Waals surface area contributed by atoms with Crippen LogP contribution in [0.2, 0.25) is 0 Å². The van der Waals surface area contributed by atoms with Crippen molar-refractivity contribution in [2.45, 2.75) is 20.8 Å². The molecule has 0 spiro atoms. The molecule has 1 N–H and O–H groups in total. The van der Waals surface area contributed by atoms with Crippen LogP contribution in [0.1, 0.15) is 22.3 Å². The van der Waals surface area contributed by atoms with E-state index in [1.54, 1.807) is 38.5 Å². The number of hydrogen-bond donors (Lipinski definition) is 1. The van der Waals surface area contributed by atoms with Crippen LogP contribution in [0.25, 0.3) is 5.57 Å². The second-order valence-electron chi connectivity index (χ2n) is 8.02. The number of methoxy groups -OCH3 is 2. The van der Waals surface area contributed by atoms with Gasteiger partial charge in [0.2, 0.25) is 0 Å². The predicted molar refractivity (Wildman–Crippen MR) is 130 cm³/mol. The van der Waals surface area contributed by atoms with Gasteiger partial charge in [0.15, 0.2) is 0 Å². The van der Waals surface area contributed by atoms with Crippen LogP contribution in [0.3, 0.4) is 0 Å². The molecule has 6 heteroatoms. The molecule has 0 fully saturated rings. The normalized spacial score (nSPS) is 13.5. The van der Waals surface area contributed by atoms with Crippen molar-refractivity contribution in [2.24, 2.45) is 0 Å². The quantitative estimate of drug-likeness (QED) is 0.543. The Morgan fingerprint density at radius 3 is 2.24 bits per heavy atom. The minimum Gasteiger partial charge on any atom is -0.497 e. The Balaban J connectivity index is 1.86. The highest BCUT2D eigenvalue weighted by Gasteiger charge is 2.40. The lowest BCUT2D eigenvalue weighted by atomic mass is 9.99. The maximum absolute atomic E-state index is 13.6. The highest BCUT2D eigenvalue weighted by molar-refractivity contribution is 6.46. The molecule has 0 saturated carbocycles. The van der Waals surface area contributed by atoms with Gasteiger partial charge < -0.3 is 14.8 Å². The van der Waals surface area contributed by atoms with Gasteiger partial charge in [0.1, 0.15) is 17.2 Å². The Labute approximate surface area is 193 Å². The number of carbonyl (C=O) groups excluding carboxylic acids is 2. The standard InChI is InChI=1S/C27H26N2O4/c1-16-7-6-8-20(13-16)29-26(30)24(19-10-9-17(2)18(3)14-19)25(27(29)31)28-22-12-11-21(32-4)15-23(22)33-5/h6-15,28H,1-5H3. The van der Waals surface area contributed by atoms with E-state index in [4.69, 9.17) is 9.47 Å². The third kappa shape index (κ3) is 4.07. The SMILES string of the molecule is COc1ccc(NC2=C(c3ccc(C)c(C)c3)C(=O)N(c3cccc(C)c3)C2=O)c(OC)c1. The monoisotopic (exact) mass is 442 g/mol. The number of aryl methyl sites for hydroxylation is 3. The molecule has 0 radical (unpaired) electrons. The summed E-state index contributed by atoms with van der Waals surface area (Å²) in [6.45, 7) is 5.92. The average molecular weight is 443 g/mol. The van der Waals surface area contributed by atoms with Gasteiger partial charge in [-0.05, 0) is 67.3 Å². The highest BCUT2D eigenvalue weighted by atomic mass is 16.5.